The highest BCUT2D eigenvalue weighted by atomic mass is 35.5. The van der Waals surface area contributed by atoms with Crippen LogP contribution in [0.15, 0.2) is 47.3 Å². The van der Waals surface area contributed by atoms with E-state index < -0.39 is 5.97 Å². The molecule has 2 N–H and O–H groups in total. The smallest absolute Gasteiger partial charge is 0.357 e. The number of rotatable bonds is 4. The molecule has 168 valence electrons. The maximum Gasteiger partial charge on any atom is 0.357 e. The number of aromatic carboxylic acids is 1. The second-order valence-corrected chi connectivity index (χ2v) is 7.80. The minimum absolute atomic E-state index is 0. The number of pyridine rings is 1. The minimum atomic E-state index is -1.15. The summed E-state index contributed by atoms with van der Waals surface area (Å²) in [6.07, 6.45) is 4.55. The summed E-state index contributed by atoms with van der Waals surface area (Å²) in [4.78, 5) is 27.2. The maximum atomic E-state index is 11.1. The van der Waals surface area contributed by atoms with Gasteiger partial charge >= 0.3 is 5.97 Å². The van der Waals surface area contributed by atoms with Crippen LogP contribution in [0.25, 0.3) is 33.6 Å². The van der Waals surface area contributed by atoms with Crippen molar-refractivity contribution < 1.29 is 14.3 Å². The van der Waals surface area contributed by atoms with Crippen molar-refractivity contribution in [2.75, 3.05) is 38.1 Å². The Morgan fingerprint density at radius 1 is 1.21 bits per heavy atom. The van der Waals surface area contributed by atoms with E-state index in [1.165, 1.54) is 0 Å². The number of carboxylic acids is 1. The predicted octanol–water partition coefficient (Wildman–Crippen LogP) is 3.63. The Balaban J connectivity index is 0.00000259. The molecule has 0 unspecified atom stereocenters. The lowest BCUT2D eigenvalue weighted by Crippen LogP contribution is -2.44. The molecular formula is C23H21ClN6O3. The monoisotopic (exact) mass is 464 g/mol. The normalized spacial score (nSPS) is 14.1. The van der Waals surface area contributed by atoms with Crippen molar-refractivity contribution >= 4 is 35.1 Å². The number of piperazine rings is 1. The fourth-order valence-electron chi connectivity index (χ4n) is 3.96. The van der Waals surface area contributed by atoms with Crippen molar-refractivity contribution in [3.63, 3.8) is 0 Å². The van der Waals surface area contributed by atoms with Crippen LogP contribution in [0.3, 0.4) is 0 Å². The summed E-state index contributed by atoms with van der Waals surface area (Å²) < 4.78 is 5.36. The SMILES string of the molecule is CN1CCN(c2ccc(-c3cnc4[nH]cc(-c5nc(C(=O)O)co5)c4c3)cc2C#N)CC1.Cl. The van der Waals surface area contributed by atoms with Gasteiger partial charge in [-0.25, -0.2) is 14.8 Å². The first-order chi connectivity index (χ1) is 15.5. The van der Waals surface area contributed by atoms with Gasteiger partial charge in [0.05, 0.1) is 16.8 Å². The molecule has 0 saturated carbocycles. The number of benzene rings is 1. The van der Waals surface area contributed by atoms with E-state index in [2.05, 4.69) is 37.9 Å². The van der Waals surface area contributed by atoms with Crippen molar-refractivity contribution in [3.8, 4) is 28.7 Å². The highest BCUT2D eigenvalue weighted by Crippen LogP contribution is 2.32. The zero-order valence-corrected chi connectivity index (χ0v) is 18.6. The molecule has 1 saturated heterocycles. The number of oxazole rings is 1. The first kappa shape index (κ1) is 22.3. The van der Waals surface area contributed by atoms with Crippen molar-refractivity contribution in [3.05, 3.63) is 54.2 Å². The van der Waals surface area contributed by atoms with Crippen molar-refractivity contribution in [2.45, 2.75) is 0 Å². The molecule has 10 heteroatoms. The fraction of sp³-hybridized carbons (Fsp3) is 0.217. The van der Waals surface area contributed by atoms with Crippen molar-refractivity contribution in [1.29, 1.82) is 5.26 Å². The summed E-state index contributed by atoms with van der Waals surface area (Å²) >= 11 is 0. The summed E-state index contributed by atoms with van der Waals surface area (Å²) in [6.45, 7) is 3.71. The quantitative estimate of drug-likeness (QED) is 0.469. The number of halogens is 1. The largest absolute Gasteiger partial charge is 0.476 e. The molecule has 0 amide bonds. The van der Waals surface area contributed by atoms with E-state index >= 15 is 0 Å². The van der Waals surface area contributed by atoms with E-state index in [0.717, 1.165) is 54.6 Å². The highest BCUT2D eigenvalue weighted by Gasteiger charge is 2.19. The molecule has 0 radical (unpaired) electrons. The molecule has 1 aromatic carbocycles. The molecule has 0 spiro atoms. The zero-order valence-electron chi connectivity index (χ0n) is 17.8. The van der Waals surface area contributed by atoms with Gasteiger partial charge in [-0.05, 0) is 30.8 Å². The third-order valence-electron chi connectivity index (χ3n) is 5.78. The number of hydrogen-bond acceptors (Lipinski definition) is 7. The van der Waals surface area contributed by atoms with E-state index in [4.69, 9.17) is 9.52 Å². The van der Waals surface area contributed by atoms with E-state index in [1.54, 1.807) is 12.4 Å². The lowest BCUT2D eigenvalue weighted by molar-refractivity contribution is 0.0690. The molecule has 0 atom stereocenters. The molecule has 1 aliphatic rings. The second kappa shape index (κ2) is 8.94. The molecule has 5 rings (SSSR count). The Morgan fingerprint density at radius 2 is 2.00 bits per heavy atom. The summed E-state index contributed by atoms with van der Waals surface area (Å²) in [5.74, 6) is -0.946. The average Bonchev–Trinajstić information content (AvgIpc) is 3.46. The van der Waals surface area contributed by atoms with Crippen LogP contribution in [0.2, 0.25) is 0 Å². The first-order valence-electron chi connectivity index (χ1n) is 10.2. The summed E-state index contributed by atoms with van der Waals surface area (Å²) in [5.41, 5.74) is 4.38. The molecule has 4 heterocycles. The van der Waals surface area contributed by atoms with Gasteiger partial charge in [-0.3, -0.25) is 0 Å². The van der Waals surface area contributed by atoms with E-state index in [9.17, 15) is 10.1 Å². The Hall–Kier alpha value is -3.87. The third kappa shape index (κ3) is 4.14. The number of hydrogen-bond donors (Lipinski definition) is 2. The fourth-order valence-corrected chi connectivity index (χ4v) is 3.96. The average molecular weight is 465 g/mol. The minimum Gasteiger partial charge on any atom is -0.476 e. The van der Waals surface area contributed by atoms with Crippen LogP contribution >= 0.6 is 12.4 Å². The van der Waals surface area contributed by atoms with Gasteiger partial charge in [0.2, 0.25) is 5.89 Å². The van der Waals surface area contributed by atoms with E-state index in [-0.39, 0.29) is 24.0 Å². The Bertz CT molecular complexity index is 1360. The van der Waals surface area contributed by atoms with Gasteiger partial charge in [-0.15, -0.1) is 12.4 Å². The van der Waals surface area contributed by atoms with Gasteiger partial charge in [0.25, 0.3) is 0 Å². The molecule has 1 aliphatic heterocycles. The van der Waals surface area contributed by atoms with E-state index in [1.807, 2.05) is 24.3 Å². The molecule has 33 heavy (non-hydrogen) atoms. The van der Waals surface area contributed by atoms with Gasteiger partial charge in [0.1, 0.15) is 18.0 Å². The van der Waals surface area contributed by atoms with E-state index in [0.29, 0.717) is 16.8 Å². The number of nitriles is 1. The number of anilines is 1. The van der Waals surface area contributed by atoms with Crippen LogP contribution in [-0.4, -0.2) is 64.2 Å². The summed E-state index contributed by atoms with van der Waals surface area (Å²) in [5, 5.41) is 19.6. The molecule has 0 bridgehead atoms. The number of likely N-dealkylation sites (N-methyl/N-ethyl adjacent to an activating group) is 1. The molecule has 9 nitrogen and oxygen atoms in total. The Kier molecular flexibility index (Phi) is 6.05. The van der Waals surface area contributed by atoms with Crippen LogP contribution in [0.1, 0.15) is 16.1 Å². The highest BCUT2D eigenvalue weighted by molar-refractivity contribution is 5.94. The standard InChI is InChI=1S/C23H20N6O3.ClH/c1-28-4-6-29(7-5-28)20-3-2-14(8-15(20)10-24)16-9-17-18(12-26-21(17)25-11-16)22-27-19(13-32-22)23(30)31;/h2-3,8-9,11-13H,4-7H2,1H3,(H,25,26)(H,30,31);1H. The topological polar surface area (TPSA) is 122 Å². The molecular weight excluding hydrogens is 444 g/mol. The molecule has 4 aromatic rings. The third-order valence-corrected chi connectivity index (χ3v) is 5.78. The van der Waals surface area contributed by atoms with Crippen LogP contribution in [-0.2, 0) is 0 Å². The Morgan fingerprint density at radius 3 is 2.70 bits per heavy atom. The number of fused-ring (bicyclic) bond motifs is 1. The van der Waals surface area contributed by atoms with Gasteiger partial charge in [0.15, 0.2) is 5.69 Å². The lowest BCUT2D eigenvalue weighted by Gasteiger charge is -2.34. The summed E-state index contributed by atoms with van der Waals surface area (Å²) in [6, 6.07) is 10.1. The van der Waals surface area contributed by atoms with Gasteiger partial charge in [-0.2, -0.15) is 5.26 Å². The predicted molar refractivity (Wildman–Crippen MR) is 126 cm³/mol. The number of H-pyrrole nitrogens is 1. The van der Waals surface area contributed by atoms with Crippen LogP contribution in [0.4, 0.5) is 5.69 Å². The van der Waals surface area contributed by atoms with Crippen molar-refractivity contribution in [2.24, 2.45) is 0 Å². The maximum absolute atomic E-state index is 11.1. The van der Waals surface area contributed by atoms with Crippen molar-refractivity contribution in [1.82, 2.24) is 19.9 Å². The van der Waals surface area contributed by atoms with Gasteiger partial charge in [-0.1, -0.05) is 6.07 Å². The number of nitrogens with zero attached hydrogens (tertiary/aromatic N) is 5. The van der Waals surface area contributed by atoms with Crippen LogP contribution in [0, 0.1) is 11.3 Å². The second-order valence-electron chi connectivity index (χ2n) is 7.80. The van der Waals surface area contributed by atoms with Gasteiger partial charge in [0, 0.05) is 49.5 Å². The lowest BCUT2D eigenvalue weighted by atomic mass is 10.0. The zero-order chi connectivity index (χ0) is 22.2. The van der Waals surface area contributed by atoms with Gasteiger partial charge < -0.3 is 24.3 Å². The Labute approximate surface area is 195 Å². The number of aromatic nitrogens is 3. The molecule has 1 fully saturated rings. The number of nitrogens with one attached hydrogen (secondary N) is 1. The molecule has 3 aromatic heterocycles. The van der Waals surface area contributed by atoms with Crippen LogP contribution in [0.5, 0.6) is 0 Å². The number of carbonyl (C=O) groups is 1. The number of carboxylic acid groups (broad SMARTS) is 1. The first-order valence-corrected chi connectivity index (χ1v) is 10.2. The van der Waals surface area contributed by atoms with Crippen LogP contribution < -0.4 is 4.90 Å². The molecule has 0 aliphatic carbocycles. The number of aromatic amines is 1. The summed E-state index contributed by atoms with van der Waals surface area (Å²) in [7, 11) is 2.10.